The molecule has 3 aliphatic rings. The van der Waals surface area contributed by atoms with Crippen molar-refractivity contribution in [3.05, 3.63) is 0 Å². The van der Waals surface area contributed by atoms with E-state index in [-0.39, 0.29) is 5.60 Å². The van der Waals surface area contributed by atoms with Crippen LogP contribution in [0.15, 0.2) is 0 Å². The van der Waals surface area contributed by atoms with Crippen molar-refractivity contribution in [2.45, 2.75) is 44.1 Å². The fourth-order valence-corrected chi connectivity index (χ4v) is 3.99. The summed E-state index contributed by atoms with van der Waals surface area (Å²) in [4.78, 5) is 0. The third-order valence-corrected chi connectivity index (χ3v) is 4.31. The molecule has 0 spiro atoms. The summed E-state index contributed by atoms with van der Waals surface area (Å²) in [7, 11) is 0. The van der Waals surface area contributed by atoms with E-state index in [2.05, 4.69) is 0 Å². The van der Waals surface area contributed by atoms with Gasteiger partial charge in [-0.25, -0.2) is 0 Å². The van der Waals surface area contributed by atoms with E-state index in [4.69, 9.17) is 0 Å². The normalized spacial score (nSPS) is 60.3. The second-order valence-electron chi connectivity index (χ2n) is 4.90. The Morgan fingerprint density at radius 2 is 2.18 bits per heavy atom. The van der Waals surface area contributed by atoms with Crippen LogP contribution in [0.3, 0.4) is 0 Å². The summed E-state index contributed by atoms with van der Waals surface area (Å²) >= 11 is 0. The summed E-state index contributed by atoms with van der Waals surface area (Å²) in [5.41, 5.74) is -0.189. The van der Waals surface area contributed by atoms with Gasteiger partial charge in [0, 0.05) is 0 Å². The fraction of sp³-hybridized carbons (Fsp3) is 1.00. The maximum absolute atomic E-state index is 10.2. The Hall–Kier alpha value is -0.0400. The van der Waals surface area contributed by atoms with Crippen LogP contribution in [-0.2, 0) is 0 Å². The van der Waals surface area contributed by atoms with Crippen molar-refractivity contribution in [1.29, 1.82) is 0 Å². The first-order valence-corrected chi connectivity index (χ1v) is 5.00. The second kappa shape index (κ2) is 1.82. The fourth-order valence-electron chi connectivity index (χ4n) is 3.99. The molecule has 3 aliphatic carbocycles. The van der Waals surface area contributed by atoms with Gasteiger partial charge in [-0.15, -0.1) is 0 Å². The van der Waals surface area contributed by atoms with Crippen molar-refractivity contribution in [3.8, 4) is 0 Å². The number of hydrogen-bond donors (Lipinski definition) is 1. The monoisotopic (exact) mass is 152 g/mol. The molecular formula is C10H16O. The molecule has 0 radical (unpaired) electrons. The van der Waals surface area contributed by atoms with Crippen LogP contribution in [0.4, 0.5) is 0 Å². The Labute approximate surface area is 67.8 Å². The predicted octanol–water partition coefficient (Wildman–Crippen LogP) is 1.95. The van der Waals surface area contributed by atoms with E-state index in [1.807, 2.05) is 0 Å². The molecule has 1 nitrogen and oxygen atoms in total. The van der Waals surface area contributed by atoms with Crippen LogP contribution >= 0.6 is 0 Å². The molecule has 3 saturated carbocycles. The van der Waals surface area contributed by atoms with Crippen LogP contribution < -0.4 is 0 Å². The van der Waals surface area contributed by atoms with Gasteiger partial charge in [-0.1, -0.05) is 6.42 Å². The molecule has 3 fully saturated rings. The lowest BCUT2D eigenvalue weighted by molar-refractivity contribution is -0.0666. The van der Waals surface area contributed by atoms with Crippen molar-refractivity contribution in [3.63, 3.8) is 0 Å². The third kappa shape index (κ3) is 0.703. The zero-order valence-electron chi connectivity index (χ0n) is 6.92. The summed E-state index contributed by atoms with van der Waals surface area (Å²) in [6.07, 6.45) is 7.71. The van der Waals surface area contributed by atoms with Crippen molar-refractivity contribution >= 4 is 0 Å². The highest BCUT2D eigenvalue weighted by Crippen LogP contribution is 2.59. The Morgan fingerprint density at radius 3 is 2.82 bits per heavy atom. The lowest BCUT2D eigenvalue weighted by Gasteiger charge is -2.42. The number of aliphatic hydroxyl groups is 1. The maximum atomic E-state index is 10.2. The Bertz CT molecular complexity index is 189. The summed E-state index contributed by atoms with van der Waals surface area (Å²) in [6.45, 7) is 0. The maximum Gasteiger partial charge on any atom is 0.0681 e. The first kappa shape index (κ1) is 6.47. The molecule has 0 heterocycles. The molecule has 62 valence electrons. The Morgan fingerprint density at radius 1 is 1.27 bits per heavy atom. The van der Waals surface area contributed by atoms with Crippen molar-refractivity contribution < 1.29 is 5.11 Å². The third-order valence-electron chi connectivity index (χ3n) is 4.31. The van der Waals surface area contributed by atoms with Gasteiger partial charge in [0.05, 0.1) is 5.60 Å². The van der Waals surface area contributed by atoms with Crippen LogP contribution in [0.2, 0.25) is 0 Å². The lowest BCUT2D eigenvalue weighted by Crippen LogP contribution is -2.42. The molecule has 1 heteroatoms. The summed E-state index contributed by atoms with van der Waals surface area (Å²) in [5, 5.41) is 10.2. The van der Waals surface area contributed by atoms with E-state index in [0.717, 1.165) is 24.7 Å². The largest absolute Gasteiger partial charge is 0.390 e. The van der Waals surface area contributed by atoms with Gasteiger partial charge in [-0.2, -0.15) is 0 Å². The minimum absolute atomic E-state index is 0.189. The standard InChI is InChI=1S/C10H16O/c11-10-3-1-2-8-4-7(6-10)5-9(8)10/h7-9,11H,1-6H2/t7-,8+,9-,10+/m0/s1. The predicted molar refractivity (Wildman–Crippen MR) is 43.1 cm³/mol. The first-order chi connectivity index (χ1) is 5.28. The molecule has 0 aliphatic heterocycles. The van der Waals surface area contributed by atoms with E-state index in [0.29, 0.717) is 5.92 Å². The molecule has 3 rings (SSSR count). The van der Waals surface area contributed by atoms with Crippen molar-refractivity contribution in [2.24, 2.45) is 17.8 Å². The molecule has 2 bridgehead atoms. The topological polar surface area (TPSA) is 20.2 Å². The van der Waals surface area contributed by atoms with Crippen LogP contribution in [0.5, 0.6) is 0 Å². The van der Waals surface area contributed by atoms with Crippen LogP contribution in [-0.4, -0.2) is 10.7 Å². The van der Waals surface area contributed by atoms with Gasteiger partial charge in [0.15, 0.2) is 0 Å². The van der Waals surface area contributed by atoms with Crippen LogP contribution in [0, 0.1) is 17.8 Å². The molecule has 0 amide bonds. The molecule has 0 aromatic heterocycles. The summed E-state index contributed by atoms with van der Waals surface area (Å²) in [5.74, 6) is 2.52. The molecule has 1 N–H and O–H groups in total. The average Bonchev–Trinajstić information content (AvgIpc) is 2.40. The van der Waals surface area contributed by atoms with E-state index in [1.165, 1.54) is 25.7 Å². The smallest absolute Gasteiger partial charge is 0.0681 e. The lowest BCUT2D eigenvalue weighted by atomic mass is 9.68. The van der Waals surface area contributed by atoms with Crippen LogP contribution in [0.25, 0.3) is 0 Å². The highest BCUT2D eigenvalue weighted by atomic mass is 16.3. The molecule has 0 saturated heterocycles. The van der Waals surface area contributed by atoms with E-state index in [1.54, 1.807) is 0 Å². The van der Waals surface area contributed by atoms with Crippen molar-refractivity contribution in [2.75, 3.05) is 0 Å². The molecule has 4 atom stereocenters. The first-order valence-electron chi connectivity index (χ1n) is 5.00. The molecular weight excluding hydrogens is 136 g/mol. The molecule has 0 unspecified atom stereocenters. The van der Waals surface area contributed by atoms with Gasteiger partial charge in [-0.05, 0) is 49.9 Å². The zero-order valence-corrected chi connectivity index (χ0v) is 6.92. The summed E-state index contributed by atoms with van der Waals surface area (Å²) < 4.78 is 0. The van der Waals surface area contributed by atoms with Gasteiger partial charge < -0.3 is 5.11 Å². The zero-order chi connectivity index (χ0) is 7.47. The number of fused-ring (bicyclic) bond motifs is 1. The molecule has 0 aromatic rings. The van der Waals surface area contributed by atoms with E-state index < -0.39 is 0 Å². The second-order valence-corrected chi connectivity index (χ2v) is 4.90. The number of rotatable bonds is 0. The highest BCUT2D eigenvalue weighted by Gasteiger charge is 2.55. The quantitative estimate of drug-likeness (QED) is 0.562. The Kier molecular flexibility index (Phi) is 1.07. The SMILES string of the molecule is O[C@@]12CCC[C@@H]3C[C@@H](C[C@@H]31)C2. The average molecular weight is 152 g/mol. The number of hydrogen-bond acceptors (Lipinski definition) is 1. The Balaban J connectivity index is 1.97. The van der Waals surface area contributed by atoms with Gasteiger partial charge in [0.25, 0.3) is 0 Å². The van der Waals surface area contributed by atoms with E-state index >= 15 is 0 Å². The van der Waals surface area contributed by atoms with Gasteiger partial charge in [0.2, 0.25) is 0 Å². The highest BCUT2D eigenvalue weighted by molar-refractivity contribution is 5.07. The molecule has 11 heavy (non-hydrogen) atoms. The summed E-state index contributed by atoms with van der Waals surface area (Å²) in [6, 6.07) is 0. The van der Waals surface area contributed by atoms with E-state index in [9.17, 15) is 5.11 Å². The van der Waals surface area contributed by atoms with Crippen molar-refractivity contribution in [1.82, 2.24) is 0 Å². The van der Waals surface area contributed by atoms with Crippen LogP contribution in [0.1, 0.15) is 38.5 Å². The van der Waals surface area contributed by atoms with Gasteiger partial charge in [-0.3, -0.25) is 0 Å². The van der Waals surface area contributed by atoms with Gasteiger partial charge in [0.1, 0.15) is 0 Å². The minimum atomic E-state index is -0.189. The van der Waals surface area contributed by atoms with Gasteiger partial charge >= 0.3 is 0 Å². The minimum Gasteiger partial charge on any atom is -0.390 e. The molecule has 0 aromatic carbocycles.